The zero-order chi connectivity index (χ0) is 20.0. The quantitative estimate of drug-likeness (QED) is 0.374. The number of hydrogen-bond donors (Lipinski definition) is 3. The number of ether oxygens (including phenoxy) is 4. The van der Waals surface area contributed by atoms with Crippen molar-refractivity contribution in [1.82, 2.24) is 0 Å². The van der Waals surface area contributed by atoms with Crippen molar-refractivity contribution < 1.29 is 43.9 Å². The summed E-state index contributed by atoms with van der Waals surface area (Å²) in [7, 11) is 0. The van der Waals surface area contributed by atoms with E-state index in [1.54, 1.807) is 6.92 Å². The molecule has 2 saturated carbocycles. The van der Waals surface area contributed by atoms with Gasteiger partial charge in [0.15, 0.2) is 11.7 Å². The average molecular weight is 394 g/mol. The Morgan fingerprint density at radius 2 is 1.86 bits per heavy atom. The highest BCUT2D eigenvalue weighted by Crippen LogP contribution is 2.75. The van der Waals surface area contributed by atoms with Crippen LogP contribution in [0, 0.1) is 16.7 Å². The van der Waals surface area contributed by atoms with Crippen LogP contribution < -0.4 is 0 Å². The van der Waals surface area contributed by atoms with E-state index in [0.717, 1.165) is 0 Å². The third kappa shape index (κ3) is 1.51. The van der Waals surface area contributed by atoms with Gasteiger partial charge in [-0.05, 0) is 19.4 Å². The Balaban J connectivity index is 1.58. The van der Waals surface area contributed by atoms with Crippen molar-refractivity contribution >= 4 is 11.9 Å². The molecular formula is C19H22O9. The van der Waals surface area contributed by atoms with Crippen molar-refractivity contribution in [2.24, 2.45) is 16.7 Å². The van der Waals surface area contributed by atoms with E-state index in [0.29, 0.717) is 5.57 Å². The molecule has 28 heavy (non-hydrogen) atoms. The minimum absolute atomic E-state index is 0.406. The molecule has 1 spiro atoms. The van der Waals surface area contributed by atoms with Crippen molar-refractivity contribution in [3.05, 3.63) is 11.6 Å². The number of carbonyl (C=O) groups excluding carboxylic acids is 2. The number of hydrogen-bond acceptors (Lipinski definition) is 9. The molecule has 3 saturated heterocycles. The Hall–Kier alpha value is -1.52. The first-order valence-corrected chi connectivity index (χ1v) is 9.53. The van der Waals surface area contributed by atoms with Crippen LogP contribution in [0.25, 0.3) is 0 Å². The Kier molecular flexibility index (Phi) is 2.77. The van der Waals surface area contributed by atoms with Crippen molar-refractivity contribution in [1.29, 1.82) is 0 Å². The zero-order valence-corrected chi connectivity index (χ0v) is 15.6. The van der Waals surface area contributed by atoms with Crippen LogP contribution in [0.5, 0.6) is 0 Å². The summed E-state index contributed by atoms with van der Waals surface area (Å²) in [6.07, 6.45) is -3.06. The molecule has 9 nitrogen and oxygen atoms in total. The van der Waals surface area contributed by atoms with Crippen LogP contribution in [0.15, 0.2) is 11.6 Å². The topological polar surface area (TPSA) is 138 Å². The van der Waals surface area contributed by atoms with E-state index < -0.39 is 83.1 Å². The van der Waals surface area contributed by atoms with Gasteiger partial charge in [-0.3, -0.25) is 4.79 Å². The third-order valence-corrected chi connectivity index (χ3v) is 8.10. The molecule has 1 unspecified atom stereocenters. The predicted molar refractivity (Wildman–Crippen MR) is 87.5 cm³/mol. The molecule has 0 aromatic carbocycles. The summed E-state index contributed by atoms with van der Waals surface area (Å²) in [5.74, 6) is -1.62. The molecule has 0 aromatic rings. The van der Waals surface area contributed by atoms with Gasteiger partial charge in [0, 0.05) is 17.4 Å². The van der Waals surface area contributed by atoms with E-state index in [1.165, 1.54) is 13.0 Å². The molecule has 0 amide bonds. The van der Waals surface area contributed by atoms with Crippen LogP contribution in [0.4, 0.5) is 0 Å². The van der Waals surface area contributed by atoms with Gasteiger partial charge >= 0.3 is 11.9 Å². The van der Waals surface area contributed by atoms with Crippen LogP contribution in [0.1, 0.15) is 20.8 Å². The molecule has 11 atom stereocenters. The van der Waals surface area contributed by atoms with Crippen LogP contribution in [-0.2, 0) is 28.5 Å². The molecular weight excluding hydrogens is 372 g/mol. The standard InChI is InChI=1S/C19H22O9/c1-16(24,5-20)14-19-6(4-7(21)25-14)17(2)10-8(13(19)28-19)27-15(23)18(10,3)11(22)9-12(17)26-9/h4,8-14,20,22,24H,5H2,1-3H3/t8-,9-,10+,11-,12-,13+,14+,16?,17+,18+,19+/m0/s1. The molecule has 152 valence electrons. The lowest BCUT2D eigenvalue weighted by Gasteiger charge is -2.54. The first kappa shape index (κ1) is 17.3. The van der Waals surface area contributed by atoms with E-state index in [9.17, 15) is 24.9 Å². The lowest BCUT2D eigenvalue weighted by molar-refractivity contribution is -0.178. The van der Waals surface area contributed by atoms with Crippen LogP contribution in [0.2, 0.25) is 0 Å². The molecule has 4 aliphatic heterocycles. The van der Waals surface area contributed by atoms with Gasteiger partial charge in [-0.15, -0.1) is 0 Å². The van der Waals surface area contributed by atoms with Gasteiger partial charge in [-0.1, -0.05) is 6.92 Å². The number of epoxide rings is 2. The highest BCUT2D eigenvalue weighted by Gasteiger charge is 2.89. The van der Waals surface area contributed by atoms with E-state index in [4.69, 9.17) is 18.9 Å². The van der Waals surface area contributed by atoms with Crippen LogP contribution in [-0.4, -0.2) is 81.7 Å². The van der Waals surface area contributed by atoms with Gasteiger partial charge in [0.05, 0.1) is 18.8 Å². The molecule has 6 aliphatic rings. The van der Waals surface area contributed by atoms with E-state index in [-0.39, 0.29) is 0 Å². The molecule has 3 N–H and O–H groups in total. The average Bonchev–Trinajstić information content (AvgIpc) is 3.53. The number of aliphatic hydroxyl groups is 3. The van der Waals surface area contributed by atoms with Crippen LogP contribution in [0.3, 0.4) is 0 Å². The molecule has 4 heterocycles. The van der Waals surface area contributed by atoms with Gasteiger partial charge in [0.2, 0.25) is 0 Å². The highest BCUT2D eigenvalue weighted by atomic mass is 16.7. The molecule has 0 bridgehead atoms. The first-order chi connectivity index (χ1) is 13.0. The monoisotopic (exact) mass is 394 g/mol. The number of carbonyl (C=O) groups is 2. The summed E-state index contributed by atoms with van der Waals surface area (Å²) in [6.45, 7) is 4.32. The maximum atomic E-state index is 12.9. The Bertz CT molecular complexity index is 865. The summed E-state index contributed by atoms with van der Waals surface area (Å²) in [6, 6.07) is 0. The Morgan fingerprint density at radius 3 is 2.54 bits per heavy atom. The molecule has 0 aromatic heterocycles. The fourth-order valence-corrected chi connectivity index (χ4v) is 6.75. The maximum absolute atomic E-state index is 12.9. The number of rotatable bonds is 2. The van der Waals surface area contributed by atoms with Crippen molar-refractivity contribution in [2.45, 2.75) is 68.6 Å². The Labute approximate surface area is 160 Å². The van der Waals surface area contributed by atoms with Gasteiger partial charge < -0.3 is 34.3 Å². The van der Waals surface area contributed by atoms with E-state index in [1.807, 2.05) is 6.92 Å². The number of aliphatic hydroxyl groups excluding tert-OH is 2. The maximum Gasteiger partial charge on any atom is 0.331 e. The summed E-state index contributed by atoms with van der Waals surface area (Å²) in [5, 5.41) is 31.3. The lowest BCUT2D eigenvalue weighted by Crippen LogP contribution is -2.68. The predicted octanol–water partition coefficient (Wildman–Crippen LogP) is -1.57. The number of cyclic esters (lactones) is 1. The molecule has 5 fully saturated rings. The first-order valence-electron chi connectivity index (χ1n) is 9.53. The summed E-state index contributed by atoms with van der Waals surface area (Å²) in [4.78, 5) is 25.3. The largest absolute Gasteiger partial charge is 0.459 e. The Morgan fingerprint density at radius 1 is 1.14 bits per heavy atom. The highest BCUT2D eigenvalue weighted by molar-refractivity contribution is 5.88. The van der Waals surface area contributed by atoms with Crippen molar-refractivity contribution in [3.8, 4) is 0 Å². The van der Waals surface area contributed by atoms with E-state index >= 15 is 0 Å². The summed E-state index contributed by atoms with van der Waals surface area (Å²) < 4.78 is 23.0. The molecule has 6 rings (SSSR count). The number of fused-ring (bicyclic) bond motifs is 4. The second-order valence-electron chi connectivity index (χ2n) is 9.60. The fraction of sp³-hybridized carbons (Fsp3) is 0.789. The second kappa shape index (κ2) is 4.46. The second-order valence-corrected chi connectivity index (χ2v) is 9.60. The fourth-order valence-electron chi connectivity index (χ4n) is 6.75. The van der Waals surface area contributed by atoms with Crippen molar-refractivity contribution in [3.63, 3.8) is 0 Å². The van der Waals surface area contributed by atoms with Gasteiger partial charge in [-0.25, -0.2) is 4.79 Å². The zero-order valence-electron chi connectivity index (χ0n) is 15.6. The van der Waals surface area contributed by atoms with Gasteiger partial charge in [0.1, 0.15) is 29.3 Å². The van der Waals surface area contributed by atoms with Crippen molar-refractivity contribution in [2.75, 3.05) is 6.61 Å². The minimum Gasteiger partial charge on any atom is -0.459 e. The molecule has 9 heteroatoms. The van der Waals surface area contributed by atoms with Crippen LogP contribution >= 0.6 is 0 Å². The SMILES string of the molecule is CC(O)(CO)[C@H]1OC(=O)C=C2[C@]3(C)[C@H]4[C@H](OC(=O)[C@@]4(C)[C@@H](O)[C@@H]4O[C@@H]43)[C@H]3O[C@]231. The third-order valence-electron chi connectivity index (χ3n) is 8.10. The summed E-state index contributed by atoms with van der Waals surface area (Å²) in [5.41, 5.74) is -4.37. The number of esters is 2. The minimum atomic E-state index is -1.75. The molecule has 2 aliphatic carbocycles. The lowest BCUT2D eigenvalue weighted by atomic mass is 9.46. The molecule has 0 radical (unpaired) electrons. The normalized spacial score (nSPS) is 59.5. The van der Waals surface area contributed by atoms with Gasteiger partial charge in [-0.2, -0.15) is 0 Å². The summed E-state index contributed by atoms with van der Waals surface area (Å²) >= 11 is 0. The smallest absolute Gasteiger partial charge is 0.331 e. The van der Waals surface area contributed by atoms with Gasteiger partial charge in [0.25, 0.3) is 0 Å². The van der Waals surface area contributed by atoms with E-state index in [2.05, 4.69) is 0 Å².